The van der Waals surface area contributed by atoms with Crippen molar-refractivity contribution in [3.63, 3.8) is 0 Å². The van der Waals surface area contributed by atoms with Crippen molar-refractivity contribution in [1.82, 2.24) is 0 Å². The van der Waals surface area contributed by atoms with Crippen LogP contribution in [0.15, 0.2) is 0 Å². The first-order valence-corrected chi connectivity index (χ1v) is 17.6. The van der Waals surface area contributed by atoms with Crippen LogP contribution in [0.25, 0.3) is 0 Å². The quantitative estimate of drug-likeness (QED) is 0.0994. The van der Waals surface area contributed by atoms with E-state index in [1.165, 1.54) is 46.0 Å². The van der Waals surface area contributed by atoms with Crippen molar-refractivity contribution in [3.8, 4) is 0 Å². The van der Waals surface area contributed by atoms with Crippen molar-refractivity contribution in [2.45, 2.75) is 0 Å². The van der Waals surface area contributed by atoms with E-state index < -0.39 is 0 Å². The Kier molecular flexibility index (Phi) is 27.4. The Morgan fingerprint density at radius 3 is 1.19 bits per heavy atom. The fraction of sp³-hybridized carbons (Fsp3) is 1.00. The summed E-state index contributed by atoms with van der Waals surface area (Å²) in [5.41, 5.74) is 0. The van der Waals surface area contributed by atoms with E-state index in [2.05, 4.69) is 48.8 Å². The van der Waals surface area contributed by atoms with Gasteiger partial charge in [0, 0.05) is 62.6 Å². The molecule has 0 aromatic carbocycles. The van der Waals surface area contributed by atoms with Gasteiger partial charge in [-0.3, -0.25) is 0 Å². The van der Waals surface area contributed by atoms with E-state index in [1.54, 1.807) is 0 Å². The Labute approximate surface area is 174 Å². The Balaban J connectivity index is 2.90. The molecule has 0 N–H and O–H groups in total. The summed E-state index contributed by atoms with van der Waals surface area (Å²) in [7, 11) is 11.8. The summed E-state index contributed by atoms with van der Waals surface area (Å²) in [5, 5.41) is 0.924. The van der Waals surface area contributed by atoms with Crippen LogP contribution in [0.5, 0.6) is 0 Å². The third-order valence-corrected chi connectivity index (χ3v) is 13.0. The van der Waals surface area contributed by atoms with Crippen LogP contribution in [0.4, 0.5) is 0 Å². The number of hydrogen-bond acceptors (Lipinski definition) is 10. The smallest absolute Gasteiger partial charge is 0.0465 e. The molecule has 10 heteroatoms. The van der Waals surface area contributed by atoms with E-state index in [0.717, 1.165) is 16.6 Å². The monoisotopic (exact) mass is 476 g/mol. The van der Waals surface area contributed by atoms with Crippen LogP contribution in [0.2, 0.25) is 0 Å². The maximum absolute atomic E-state index is 4.20. The van der Waals surface area contributed by atoms with E-state index in [1.807, 2.05) is 64.8 Å². The summed E-state index contributed by atoms with van der Waals surface area (Å²) in [6.45, 7) is 0. The molecule has 0 nitrogen and oxygen atoms in total. The van der Waals surface area contributed by atoms with E-state index in [0.29, 0.717) is 0 Å². The van der Waals surface area contributed by atoms with Gasteiger partial charge in [0.15, 0.2) is 0 Å². The first kappa shape index (κ1) is 24.5. The molecule has 0 fully saturated rings. The van der Waals surface area contributed by atoms with E-state index in [-0.39, 0.29) is 0 Å². The molecule has 0 bridgehead atoms. The summed E-state index contributed by atoms with van der Waals surface area (Å²) in [6, 6.07) is 0. The minimum atomic E-state index is 0.924. The highest BCUT2D eigenvalue weighted by atomic mass is 33.1. The number of thioether (sulfide) groups is 2. The predicted octanol–water partition coefficient (Wildman–Crippen LogP) is 6.41. The average Bonchev–Trinajstić information content (AvgIpc) is 2.50. The topological polar surface area (TPSA) is 0 Å². The Morgan fingerprint density at radius 2 is 0.810 bits per heavy atom. The summed E-state index contributed by atoms with van der Waals surface area (Å²) >= 11 is 12.5. The van der Waals surface area contributed by atoms with Crippen molar-refractivity contribution in [3.05, 3.63) is 0 Å². The molecule has 0 atom stereocenters. The molecule has 0 aliphatic carbocycles. The molecular weight excluding hydrogens is 453 g/mol. The maximum atomic E-state index is 4.20. The molecule has 0 saturated carbocycles. The van der Waals surface area contributed by atoms with Crippen molar-refractivity contribution in [2.75, 3.05) is 62.6 Å². The lowest BCUT2D eigenvalue weighted by Gasteiger charge is -2.03. The van der Waals surface area contributed by atoms with Gasteiger partial charge in [-0.15, -0.1) is 0 Å². The van der Waals surface area contributed by atoms with Gasteiger partial charge in [0.1, 0.15) is 0 Å². The van der Waals surface area contributed by atoms with Crippen LogP contribution in [0, 0.1) is 0 Å². The third-order valence-electron chi connectivity index (χ3n) is 1.72. The van der Waals surface area contributed by atoms with Crippen LogP contribution < -0.4 is 0 Å². The fourth-order valence-corrected chi connectivity index (χ4v) is 11.1. The highest BCUT2D eigenvalue weighted by Gasteiger charge is 1.95. The van der Waals surface area contributed by atoms with E-state index in [4.69, 9.17) is 0 Å². The molecule has 0 heterocycles. The molecular formula is C11H24S10. The zero-order valence-electron chi connectivity index (χ0n) is 11.9. The minimum Gasteiger partial charge on any atom is -0.178 e. The van der Waals surface area contributed by atoms with E-state index >= 15 is 0 Å². The van der Waals surface area contributed by atoms with Gasteiger partial charge in [0.05, 0.1) is 0 Å². The Morgan fingerprint density at radius 1 is 0.429 bits per heavy atom. The maximum Gasteiger partial charge on any atom is 0.0465 e. The van der Waals surface area contributed by atoms with Crippen molar-refractivity contribution >= 4 is 114 Å². The van der Waals surface area contributed by atoms with Crippen LogP contribution in [-0.2, 0) is 0 Å². The lowest BCUT2D eigenvalue weighted by Crippen LogP contribution is -1.90. The molecule has 21 heavy (non-hydrogen) atoms. The standard InChI is InChI=1S/C11H24S10/c12-1-2-16-17-7-3-14-4-8-18-19-9-5-15-6-10-20-21-11-13/h12-13H,1-11H2. The first-order valence-electron chi connectivity index (χ1n) is 6.52. The van der Waals surface area contributed by atoms with Crippen molar-refractivity contribution in [2.24, 2.45) is 0 Å². The second kappa shape index (κ2) is 23.5. The number of hydrogen-bond donors (Lipinski definition) is 2. The zero-order chi connectivity index (χ0) is 15.4. The van der Waals surface area contributed by atoms with E-state index in [9.17, 15) is 0 Å². The molecule has 0 aliphatic heterocycles. The van der Waals surface area contributed by atoms with Crippen LogP contribution in [-0.4, -0.2) is 62.6 Å². The molecule has 0 rings (SSSR count). The summed E-state index contributed by atoms with van der Waals surface area (Å²) in [6.07, 6.45) is 0. The first-order chi connectivity index (χ1) is 10.4. The fourth-order valence-electron chi connectivity index (χ4n) is 0.945. The van der Waals surface area contributed by atoms with Gasteiger partial charge in [-0.05, 0) is 0 Å². The number of rotatable bonds is 18. The van der Waals surface area contributed by atoms with Gasteiger partial charge >= 0.3 is 0 Å². The van der Waals surface area contributed by atoms with Crippen LogP contribution in [0.3, 0.4) is 0 Å². The SMILES string of the molecule is SCCSSCCSCCSSCCSCCSSCS. The normalized spacial score (nSPS) is 11.1. The van der Waals surface area contributed by atoms with Crippen molar-refractivity contribution in [1.29, 1.82) is 0 Å². The van der Waals surface area contributed by atoms with Gasteiger partial charge in [0.25, 0.3) is 0 Å². The van der Waals surface area contributed by atoms with Crippen LogP contribution >= 0.6 is 114 Å². The molecule has 0 radical (unpaired) electrons. The lowest BCUT2D eigenvalue weighted by molar-refractivity contribution is 1.49. The van der Waals surface area contributed by atoms with Crippen LogP contribution in [0.1, 0.15) is 0 Å². The highest BCUT2D eigenvalue weighted by Crippen LogP contribution is 2.26. The molecule has 128 valence electrons. The van der Waals surface area contributed by atoms with Gasteiger partial charge < -0.3 is 0 Å². The lowest BCUT2D eigenvalue weighted by atomic mass is 10.9. The Hall–Kier alpha value is 3.50. The molecule has 0 amide bonds. The summed E-state index contributed by atoms with van der Waals surface area (Å²) < 4.78 is 0. The van der Waals surface area contributed by atoms with Gasteiger partial charge in [-0.25, -0.2) is 0 Å². The molecule has 0 aromatic rings. The Bertz CT molecular complexity index is 164. The molecule has 0 saturated heterocycles. The van der Waals surface area contributed by atoms with Crippen molar-refractivity contribution < 1.29 is 0 Å². The zero-order valence-corrected chi connectivity index (χ0v) is 20.3. The molecule has 0 aliphatic rings. The summed E-state index contributed by atoms with van der Waals surface area (Å²) in [4.78, 5) is 0. The van der Waals surface area contributed by atoms with Gasteiger partial charge in [-0.1, -0.05) is 64.8 Å². The number of thiol groups is 2. The average molecular weight is 477 g/mol. The third kappa shape index (κ3) is 23.5. The van der Waals surface area contributed by atoms with Gasteiger partial charge in [0.2, 0.25) is 0 Å². The molecule has 0 unspecified atom stereocenters. The molecule has 0 spiro atoms. The summed E-state index contributed by atoms with van der Waals surface area (Å²) in [5.74, 6) is 12.4. The second-order valence-corrected chi connectivity index (χ2v) is 14.9. The van der Waals surface area contributed by atoms with Gasteiger partial charge in [-0.2, -0.15) is 48.8 Å². The second-order valence-electron chi connectivity index (χ2n) is 3.31. The molecule has 0 aromatic heterocycles. The minimum absolute atomic E-state index is 0.924. The largest absolute Gasteiger partial charge is 0.178 e. The predicted molar refractivity (Wildman–Crippen MR) is 132 cm³/mol. The highest BCUT2D eigenvalue weighted by molar-refractivity contribution is 8.78.